The predicted molar refractivity (Wildman–Crippen MR) is 87.8 cm³/mol. The highest BCUT2D eigenvalue weighted by Gasteiger charge is 2.15. The van der Waals surface area contributed by atoms with E-state index in [9.17, 15) is 4.79 Å². The van der Waals surface area contributed by atoms with Crippen molar-refractivity contribution >= 4 is 5.65 Å². The van der Waals surface area contributed by atoms with Gasteiger partial charge in [0.1, 0.15) is 6.33 Å². The second kappa shape index (κ2) is 4.95. The van der Waals surface area contributed by atoms with Crippen molar-refractivity contribution in [1.82, 2.24) is 24.1 Å². The smallest absolute Gasteiger partial charge is 0.309 e. The molecule has 6 heteroatoms. The van der Waals surface area contributed by atoms with Gasteiger partial charge in [-0.1, -0.05) is 17.7 Å². The van der Waals surface area contributed by atoms with Crippen LogP contribution in [0.25, 0.3) is 22.6 Å². The molecule has 0 bridgehead atoms. The van der Waals surface area contributed by atoms with E-state index in [0.717, 1.165) is 33.8 Å². The van der Waals surface area contributed by atoms with Crippen LogP contribution in [-0.4, -0.2) is 24.1 Å². The zero-order chi connectivity index (χ0) is 16.0. The van der Waals surface area contributed by atoms with Gasteiger partial charge in [0, 0.05) is 17.5 Å². The molecule has 1 aromatic carbocycles. The van der Waals surface area contributed by atoms with Gasteiger partial charge in [-0.25, -0.2) is 14.3 Å². The lowest BCUT2D eigenvalue weighted by Gasteiger charge is -2.09. The van der Waals surface area contributed by atoms with Gasteiger partial charge >= 0.3 is 5.69 Å². The van der Waals surface area contributed by atoms with E-state index in [1.54, 1.807) is 9.08 Å². The summed E-state index contributed by atoms with van der Waals surface area (Å²) in [5.41, 5.74) is 5.15. The lowest BCUT2D eigenvalue weighted by atomic mass is 10.1. The van der Waals surface area contributed by atoms with E-state index in [1.807, 2.05) is 56.4 Å². The Morgan fingerprint density at radius 3 is 2.61 bits per heavy atom. The van der Waals surface area contributed by atoms with Gasteiger partial charge in [-0.2, -0.15) is 5.10 Å². The fourth-order valence-corrected chi connectivity index (χ4v) is 2.79. The molecular weight excluding hydrogens is 290 g/mol. The summed E-state index contributed by atoms with van der Waals surface area (Å²) in [6, 6.07) is 11.7. The molecule has 0 radical (unpaired) electrons. The average molecular weight is 305 g/mol. The van der Waals surface area contributed by atoms with Crippen LogP contribution >= 0.6 is 0 Å². The molecule has 0 saturated heterocycles. The first kappa shape index (κ1) is 13.5. The molecule has 4 aromatic rings. The molecule has 0 fully saturated rings. The number of pyridine rings is 1. The molecule has 6 nitrogen and oxygen atoms in total. The Hall–Kier alpha value is -3.15. The third-order valence-electron chi connectivity index (χ3n) is 3.92. The third kappa shape index (κ3) is 2.15. The van der Waals surface area contributed by atoms with Crippen LogP contribution in [0.1, 0.15) is 11.3 Å². The van der Waals surface area contributed by atoms with Gasteiger partial charge in [0.25, 0.3) is 0 Å². The summed E-state index contributed by atoms with van der Waals surface area (Å²) in [5, 5.41) is 4.16. The van der Waals surface area contributed by atoms with E-state index in [2.05, 4.69) is 15.1 Å². The minimum Gasteiger partial charge on any atom is -0.309 e. The lowest BCUT2D eigenvalue weighted by molar-refractivity contribution is 0.953. The van der Waals surface area contributed by atoms with Gasteiger partial charge in [-0.15, -0.1) is 0 Å². The van der Waals surface area contributed by atoms with Crippen molar-refractivity contribution in [3.8, 4) is 16.9 Å². The molecule has 1 N–H and O–H groups in total. The molecule has 0 unspecified atom stereocenters. The average Bonchev–Trinajstić information content (AvgIpc) is 3.11. The van der Waals surface area contributed by atoms with Crippen LogP contribution in [0.4, 0.5) is 0 Å². The maximum atomic E-state index is 12.4. The Bertz CT molecular complexity index is 1050. The van der Waals surface area contributed by atoms with Crippen LogP contribution in [-0.2, 0) is 0 Å². The van der Waals surface area contributed by atoms with Crippen molar-refractivity contribution in [2.24, 2.45) is 0 Å². The molecule has 0 amide bonds. The zero-order valence-corrected chi connectivity index (χ0v) is 12.8. The number of hydrogen-bond donors (Lipinski definition) is 1. The van der Waals surface area contributed by atoms with Crippen LogP contribution < -0.4 is 5.69 Å². The fraction of sp³-hybridized carbons (Fsp3) is 0.118. The first-order valence-corrected chi connectivity index (χ1v) is 7.32. The molecular formula is C17H15N5O. The van der Waals surface area contributed by atoms with E-state index in [4.69, 9.17) is 0 Å². The largest absolute Gasteiger partial charge is 0.330 e. The zero-order valence-electron chi connectivity index (χ0n) is 12.8. The molecule has 3 aromatic heterocycles. The van der Waals surface area contributed by atoms with Crippen LogP contribution in [0.15, 0.2) is 53.7 Å². The fourth-order valence-electron chi connectivity index (χ4n) is 2.79. The van der Waals surface area contributed by atoms with Gasteiger partial charge in [0.2, 0.25) is 0 Å². The Labute approximate surface area is 132 Å². The minimum atomic E-state index is -0.153. The number of nitrogens with zero attached hydrogens (tertiary/aromatic N) is 4. The summed E-state index contributed by atoms with van der Waals surface area (Å²) in [6.07, 6.45) is 3.39. The van der Waals surface area contributed by atoms with Gasteiger partial charge in [0.15, 0.2) is 5.65 Å². The van der Waals surface area contributed by atoms with E-state index >= 15 is 0 Å². The number of hydrogen-bond acceptors (Lipinski definition) is 3. The number of H-pyrrole nitrogens is 1. The Morgan fingerprint density at radius 1 is 1.04 bits per heavy atom. The monoisotopic (exact) mass is 305 g/mol. The summed E-state index contributed by atoms with van der Waals surface area (Å²) < 4.78 is 3.39. The number of imidazole rings is 1. The molecule has 23 heavy (non-hydrogen) atoms. The highest BCUT2D eigenvalue weighted by molar-refractivity contribution is 5.65. The summed E-state index contributed by atoms with van der Waals surface area (Å²) in [4.78, 5) is 19.4. The maximum Gasteiger partial charge on any atom is 0.330 e. The van der Waals surface area contributed by atoms with Gasteiger partial charge in [-0.05, 0) is 38.1 Å². The number of benzene rings is 1. The van der Waals surface area contributed by atoms with Gasteiger partial charge in [-0.3, -0.25) is 4.57 Å². The summed E-state index contributed by atoms with van der Waals surface area (Å²) in [6.45, 7) is 3.92. The van der Waals surface area contributed by atoms with Crippen molar-refractivity contribution in [2.45, 2.75) is 13.8 Å². The lowest BCUT2D eigenvalue weighted by Crippen LogP contribution is -2.15. The van der Waals surface area contributed by atoms with Crippen LogP contribution in [0, 0.1) is 13.8 Å². The highest BCUT2D eigenvalue weighted by atomic mass is 16.1. The molecule has 0 aliphatic rings. The first-order chi connectivity index (χ1) is 11.1. The number of aromatic amines is 1. The Balaban J connectivity index is 1.97. The van der Waals surface area contributed by atoms with Crippen LogP contribution in [0.2, 0.25) is 0 Å². The SMILES string of the molecule is Cc1ccc(-n2c(-c3ccc4ncnn4c3)c(C)[nH]c2=O)cc1. The predicted octanol–water partition coefficient (Wildman–Crippen LogP) is 2.49. The third-order valence-corrected chi connectivity index (χ3v) is 3.92. The molecule has 0 spiro atoms. The number of fused-ring (bicyclic) bond motifs is 1. The van der Waals surface area contributed by atoms with E-state index < -0.39 is 0 Å². The molecule has 0 saturated carbocycles. The van der Waals surface area contributed by atoms with E-state index in [0.29, 0.717) is 0 Å². The number of aryl methyl sites for hydroxylation is 2. The Kier molecular flexibility index (Phi) is 2.90. The topological polar surface area (TPSA) is 68.0 Å². The van der Waals surface area contributed by atoms with Crippen molar-refractivity contribution in [1.29, 1.82) is 0 Å². The van der Waals surface area contributed by atoms with Crippen molar-refractivity contribution < 1.29 is 0 Å². The van der Waals surface area contributed by atoms with Crippen LogP contribution in [0.3, 0.4) is 0 Å². The van der Waals surface area contributed by atoms with E-state index in [1.165, 1.54) is 6.33 Å². The maximum absolute atomic E-state index is 12.4. The highest BCUT2D eigenvalue weighted by Crippen LogP contribution is 2.24. The molecule has 3 heterocycles. The molecule has 0 atom stereocenters. The minimum absolute atomic E-state index is 0.153. The second-order valence-electron chi connectivity index (χ2n) is 5.56. The normalized spacial score (nSPS) is 11.2. The quantitative estimate of drug-likeness (QED) is 0.618. The Morgan fingerprint density at radius 2 is 1.83 bits per heavy atom. The molecule has 114 valence electrons. The van der Waals surface area contributed by atoms with Gasteiger partial charge < -0.3 is 4.98 Å². The molecule has 0 aliphatic carbocycles. The number of rotatable bonds is 2. The summed E-state index contributed by atoms with van der Waals surface area (Å²) in [7, 11) is 0. The second-order valence-corrected chi connectivity index (χ2v) is 5.56. The van der Waals surface area contributed by atoms with Crippen molar-refractivity contribution in [3.63, 3.8) is 0 Å². The molecule has 4 rings (SSSR count). The number of nitrogens with one attached hydrogen (secondary N) is 1. The summed E-state index contributed by atoms with van der Waals surface area (Å²) >= 11 is 0. The van der Waals surface area contributed by atoms with Crippen molar-refractivity contribution in [3.05, 3.63) is 70.7 Å². The summed E-state index contributed by atoms with van der Waals surface area (Å²) in [5.74, 6) is 0. The van der Waals surface area contributed by atoms with E-state index in [-0.39, 0.29) is 5.69 Å². The standard InChI is InChI=1S/C17H15N5O/c1-11-3-6-14(7-4-11)22-16(12(2)20-17(22)23)13-5-8-15-18-10-19-21(15)9-13/h3-10H,1-2H3,(H,20,23). The number of aromatic nitrogens is 5. The van der Waals surface area contributed by atoms with Crippen LogP contribution in [0.5, 0.6) is 0 Å². The first-order valence-electron chi connectivity index (χ1n) is 7.32. The van der Waals surface area contributed by atoms with Gasteiger partial charge in [0.05, 0.1) is 11.4 Å². The molecule has 0 aliphatic heterocycles. The van der Waals surface area contributed by atoms with Crippen molar-refractivity contribution in [2.75, 3.05) is 0 Å².